The third-order valence-electron chi connectivity index (χ3n) is 2.72. The largest absolute Gasteiger partial charge is 0.409 e. The molecule has 0 heterocycles. The van der Waals surface area contributed by atoms with Gasteiger partial charge in [-0.15, -0.1) is 0 Å². The zero-order chi connectivity index (χ0) is 12.7. The summed E-state index contributed by atoms with van der Waals surface area (Å²) in [6.45, 7) is 7.35. The van der Waals surface area contributed by atoms with Crippen molar-refractivity contribution < 1.29 is 5.21 Å². The van der Waals surface area contributed by atoms with E-state index in [9.17, 15) is 0 Å². The van der Waals surface area contributed by atoms with Gasteiger partial charge >= 0.3 is 0 Å². The molecule has 17 heavy (non-hydrogen) atoms. The summed E-state index contributed by atoms with van der Waals surface area (Å²) in [6, 6.07) is 7.80. The van der Waals surface area contributed by atoms with Crippen molar-refractivity contribution in [3.05, 3.63) is 35.4 Å². The topological polar surface area (TPSA) is 61.8 Å². The lowest BCUT2D eigenvalue weighted by Crippen LogP contribution is -2.23. The van der Waals surface area contributed by atoms with Gasteiger partial charge in [0.05, 0.1) is 0 Å². The van der Waals surface area contributed by atoms with Gasteiger partial charge in [-0.2, -0.15) is 0 Å². The van der Waals surface area contributed by atoms with E-state index in [2.05, 4.69) is 30.0 Å². The van der Waals surface area contributed by atoms with E-state index in [1.165, 1.54) is 5.56 Å². The molecule has 0 aromatic heterocycles. The minimum Gasteiger partial charge on any atom is -0.409 e. The first-order valence-electron chi connectivity index (χ1n) is 6.00. The number of amidine groups is 1. The molecule has 0 aliphatic rings. The maximum absolute atomic E-state index is 8.64. The SMILES string of the molecule is CCCN(CC)Cc1cccc(/C(N)=N/O)c1. The monoisotopic (exact) mass is 235 g/mol. The van der Waals surface area contributed by atoms with Gasteiger partial charge in [0.1, 0.15) is 0 Å². The van der Waals surface area contributed by atoms with Crippen LogP contribution in [0.1, 0.15) is 31.4 Å². The molecular weight excluding hydrogens is 214 g/mol. The number of hydrogen-bond acceptors (Lipinski definition) is 3. The summed E-state index contributed by atoms with van der Waals surface area (Å²) in [5.74, 6) is 0.158. The number of rotatable bonds is 6. The van der Waals surface area contributed by atoms with E-state index in [1.807, 2.05) is 18.2 Å². The fourth-order valence-corrected chi connectivity index (χ4v) is 1.81. The lowest BCUT2D eigenvalue weighted by Gasteiger charge is -2.19. The fraction of sp³-hybridized carbons (Fsp3) is 0.462. The maximum Gasteiger partial charge on any atom is 0.170 e. The normalized spacial score (nSPS) is 12.1. The second-order valence-corrected chi connectivity index (χ2v) is 4.05. The molecule has 1 aromatic carbocycles. The van der Waals surface area contributed by atoms with Crippen LogP contribution in [0.2, 0.25) is 0 Å². The van der Waals surface area contributed by atoms with Crippen molar-refractivity contribution in [2.75, 3.05) is 13.1 Å². The number of hydrogen-bond donors (Lipinski definition) is 2. The van der Waals surface area contributed by atoms with E-state index < -0.39 is 0 Å². The van der Waals surface area contributed by atoms with Gasteiger partial charge < -0.3 is 10.9 Å². The fourth-order valence-electron chi connectivity index (χ4n) is 1.81. The molecular formula is C13H21N3O. The van der Waals surface area contributed by atoms with Crippen LogP contribution in [0, 0.1) is 0 Å². The molecule has 1 aromatic rings. The highest BCUT2D eigenvalue weighted by Crippen LogP contribution is 2.08. The van der Waals surface area contributed by atoms with Crippen molar-refractivity contribution in [2.45, 2.75) is 26.8 Å². The van der Waals surface area contributed by atoms with E-state index in [1.54, 1.807) is 0 Å². The van der Waals surface area contributed by atoms with Crippen LogP contribution in [0.25, 0.3) is 0 Å². The van der Waals surface area contributed by atoms with Crippen LogP contribution in [0.4, 0.5) is 0 Å². The average molecular weight is 235 g/mol. The van der Waals surface area contributed by atoms with E-state index in [-0.39, 0.29) is 5.84 Å². The number of nitrogens with two attached hydrogens (primary N) is 1. The molecule has 0 saturated heterocycles. The number of benzene rings is 1. The van der Waals surface area contributed by atoms with Crippen molar-refractivity contribution in [2.24, 2.45) is 10.9 Å². The highest BCUT2D eigenvalue weighted by atomic mass is 16.4. The van der Waals surface area contributed by atoms with Crippen molar-refractivity contribution in [3.8, 4) is 0 Å². The highest BCUT2D eigenvalue weighted by Gasteiger charge is 2.04. The van der Waals surface area contributed by atoms with Crippen molar-refractivity contribution >= 4 is 5.84 Å². The molecule has 0 bridgehead atoms. The second-order valence-electron chi connectivity index (χ2n) is 4.05. The van der Waals surface area contributed by atoms with Crippen LogP contribution in [0.15, 0.2) is 29.4 Å². The molecule has 4 heteroatoms. The summed E-state index contributed by atoms with van der Waals surface area (Å²) in [5.41, 5.74) is 7.52. The molecule has 0 radical (unpaired) electrons. The molecule has 4 nitrogen and oxygen atoms in total. The van der Waals surface area contributed by atoms with Crippen molar-refractivity contribution in [1.29, 1.82) is 0 Å². The summed E-state index contributed by atoms with van der Waals surface area (Å²) >= 11 is 0. The van der Waals surface area contributed by atoms with E-state index in [4.69, 9.17) is 10.9 Å². The van der Waals surface area contributed by atoms with Crippen LogP contribution in [-0.2, 0) is 6.54 Å². The molecule has 3 N–H and O–H groups in total. The Kier molecular flexibility index (Phi) is 5.49. The summed E-state index contributed by atoms with van der Waals surface area (Å²) in [5, 5.41) is 11.7. The zero-order valence-electron chi connectivity index (χ0n) is 10.6. The molecule has 0 saturated carbocycles. The molecule has 0 aliphatic carbocycles. The first-order chi connectivity index (χ1) is 8.21. The van der Waals surface area contributed by atoms with Crippen LogP contribution >= 0.6 is 0 Å². The van der Waals surface area contributed by atoms with Gasteiger partial charge in [-0.1, -0.05) is 37.2 Å². The molecule has 0 amide bonds. The Morgan fingerprint density at radius 1 is 1.41 bits per heavy atom. The standard InChI is InChI=1S/C13H21N3O/c1-3-8-16(4-2)10-11-6-5-7-12(9-11)13(14)15-17/h5-7,9,17H,3-4,8,10H2,1-2H3,(H2,14,15). The number of nitrogens with zero attached hydrogens (tertiary/aromatic N) is 2. The predicted molar refractivity (Wildman–Crippen MR) is 70.2 cm³/mol. The lowest BCUT2D eigenvalue weighted by atomic mass is 10.1. The Balaban J connectivity index is 2.77. The van der Waals surface area contributed by atoms with Gasteiger partial charge in [0, 0.05) is 12.1 Å². The third-order valence-corrected chi connectivity index (χ3v) is 2.72. The number of oxime groups is 1. The smallest absolute Gasteiger partial charge is 0.170 e. The zero-order valence-corrected chi connectivity index (χ0v) is 10.6. The molecule has 0 fully saturated rings. The maximum atomic E-state index is 8.64. The Bertz CT molecular complexity index is 377. The lowest BCUT2D eigenvalue weighted by molar-refractivity contribution is 0.280. The molecule has 0 unspecified atom stereocenters. The van der Waals surface area contributed by atoms with Crippen LogP contribution in [0.3, 0.4) is 0 Å². The summed E-state index contributed by atoms with van der Waals surface area (Å²) in [7, 11) is 0. The summed E-state index contributed by atoms with van der Waals surface area (Å²) in [4.78, 5) is 2.37. The third kappa shape index (κ3) is 4.07. The first-order valence-corrected chi connectivity index (χ1v) is 6.00. The van der Waals surface area contributed by atoms with E-state index in [0.29, 0.717) is 0 Å². The van der Waals surface area contributed by atoms with E-state index in [0.717, 1.165) is 31.6 Å². The van der Waals surface area contributed by atoms with Gasteiger partial charge in [-0.25, -0.2) is 0 Å². The second kappa shape index (κ2) is 6.91. The Hall–Kier alpha value is -1.55. The highest BCUT2D eigenvalue weighted by molar-refractivity contribution is 5.97. The molecule has 94 valence electrons. The van der Waals surface area contributed by atoms with Gasteiger partial charge in [-0.05, 0) is 31.1 Å². The van der Waals surface area contributed by atoms with Crippen molar-refractivity contribution in [3.63, 3.8) is 0 Å². The Morgan fingerprint density at radius 2 is 2.18 bits per heavy atom. The van der Waals surface area contributed by atoms with Crippen LogP contribution in [0.5, 0.6) is 0 Å². The minimum absolute atomic E-state index is 0.158. The average Bonchev–Trinajstić information content (AvgIpc) is 2.37. The van der Waals surface area contributed by atoms with Crippen LogP contribution in [-0.4, -0.2) is 29.0 Å². The minimum atomic E-state index is 0.158. The predicted octanol–water partition coefficient (Wildman–Crippen LogP) is 2.01. The van der Waals surface area contributed by atoms with E-state index >= 15 is 0 Å². The quantitative estimate of drug-likeness (QED) is 0.343. The molecule has 1 rings (SSSR count). The van der Waals surface area contributed by atoms with Gasteiger partial charge in [0.2, 0.25) is 0 Å². The summed E-state index contributed by atoms with van der Waals surface area (Å²) < 4.78 is 0. The Labute approximate surface area is 103 Å². The van der Waals surface area contributed by atoms with Gasteiger partial charge in [-0.3, -0.25) is 4.90 Å². The first kappa shape index (κ1) is 13.5. The van der Waals surface area contributed by atoms with Crippen molar-refractivity contribution in [1.82, 2.24) is 4.90 Å². The van der Waals surface area contributed by atoms with Gasteiger partial charge in [0.15, 0.2) is 5.84 Å². The summed E-state index contributed by atoms with van der Waals surface area (Å²) in [6.07, 6.45) is 1.15. The van der Waals surface area contributed by atoms with Crippen LogP contribution < -0.4 is 5.73 Å². The molecule has 0 spiro atoms. The Morgan fingerprint density at radius 3 is 2.76 bits per heavy atom. The molecule has 0 aliphatic heterocycles. The van der Waals surface area contributed by atoms with Gasteiger partial charge in [0.25, 0.3) is 0 Å². The molecule has 0 atom stereocenters.